The summed E-state index contributed by atoms with van der Waals surface area (Å²) in [4.78, 5) is 0. The Labute approximate surface area is 108 Å². The predicted octanol–water partition coefficient (Wildman–Crippen LogP) is 3.29. The number of rotatable bonds is 7. The summed E-state index contributed by atoms with van der Waals surface area (Å²) in [5.74, 6) is 1.59. The monoisotopic (exact) mass is 251 g/mol. The van der Waals surface area contributed by atoms with Crippen molar-refractivity contribution >= 4 is 0 Å². The summed E-state index contributed by atoms with van der Waals surface area (Å²) in [6.07, 6.45) is 7.88. The van der Waals surface area contributed by atoms with Gasteiger partial charge in [0.25, 0.3) is 0 Å². The molecule has 0 saturated carbocycles. The third kappa shape index (κ3) is 4.46. The minimum Gasteiger partial charge on any atom is -0.314 e. The van der Waals surface area contributed by atoms with Gasteiger partial charge < -0.3 is 5.32 Å². The van der Waals surface area contributed by atoms with Gasteiger partial charge in [-0.1, -0.05) is 13.0 Å². The second kappa shape index (κ2) is 7.84. The van der Waals surface area contributed by atoms with Gasteiger partial charge in [0.2, 0.25) is 0 Å². The van der Waals surface area contributed by atoms with Gasteiger partial charge in [0.05, 0.1) is 0 Å². The van der Waals surface area contributed by atoms with Gasteiger partial charge in [0.15, 0.2) is 0 Å². The van der Waals surface area contributed by atoms with Crippen LogP contribution in [-0.4, -0.2) is 12.6 Å². The van der Waals surface area contributed by atoms with Crippen molar-refractivity contribution in [3.63, 3.8) is 0 Å². The average molecular weight is 251 g/mol. The third-order valence-electron chi connectivity index (χ3n) is 2.83. The number of halogens is 2. The largest absolute Gasteiger partial charge is 0.314 e. The van der Waals surface area contributed by atoms with Crippen LogP contribution in [0.4, 0.5) is 8.78 Å². The molecule has 0 fully saturated rings. The van der Waals surface area contributed by atoms with Crippen LogP contribution in [0.25, 0.3) is 0 Å². The van der Waals surface area contributed by atoms with E-state index in [0.29, 0.717) is 12.8 Å². The SMILES string of the molecule is C#CCCC(Cc1c(F)cccc1F)NCCC. The maximum Gasteiger partial charge on any atom is 0.129 e. The van der Waals surface area contributed by atoms with E-state index in [-0.39, 0.29) is 11.6 Å². The number of nitrogens with one attached hydrogen (secondary N) is 1. The van der Waals surface area contributed by atoms with Crippen molar-refractivity contribution in [2.75, 3.05) is 6.54 Å². The first-order chi connectivity index (χ1) is 8.69. The molecule has 1 rings (SSSR count). The Hall–Kier alpha value is -1.40. The maximum atomic E-state index is 13.5. The predicted molar refractivity (Wildman–Crippen MR) is 70.2 cm³/mol. The second-order valence-electron chi connectivity index (χ2n) is 4.30. The molecule has 0 bridgehead atoms. The van der Waals surface area contributed by atoms with Crippen molar-refractivity contribution < 1.29 is 8.78 Å². The zero-order valence-electron chi connectivity index (χ0n) is 10.7. The lowest BCUT2D eigenvalue weighted by molar-refractivity contribution is 0.459. The molecular weight excluding hydrogens is 232 g/mol. The lowest BCUT2D eigenvalue weighted by Crippen LogP contribution is -2.32. The van der Waals surface area contributed by atoms with E-state index in [1.165, 1.54) is 18.2 Å². The van der Waals surface area contributed by atoms with E-state index in [1.54, 1.807) is 0 Å². The summed E-state index contributed by atoms with van der Waals surface area (Å²) in [6.45, 7) is 2.88. The molecule has 0 aliphatic rings. The molecule has 0 amide bonds. The fourth-order valence-electron chi connectivity index (χ4n) is 1.86. The van der Waals surface area contributed by atoms with Crippen LogP contribution in [0.3, 0.4) is 0 Å². The molecule has 0 aromatic heterocycles. The van der Waals surface area contributed by atoms with Gasteiger partial charge in [-0.25, -0.2) is 8.78 Å². The van der Waals surface area contributed by atoms with E-state index in [1.807, 2.05) is 0 Å². The van der Waals surface area contributed by atoms with Gasteiger partial charge in [-0.2, -0.15) is 0 Å². The normalized spacial score (nSPS) is 12.1. The van der Waals surface area contributed by atoms with Crippen LogP contribution in [0.5, 0.6) is 0 Å². The zero-order valence-corrected chi connectivity index (χ0v) is 10.7. The summed E-state index contributed by atoms with van der Waals surface area (Å²) >= 11 is 0. The number of hydrogen-bond acceptors (Lipinski definition) is 1. The molecule has 18 heavy (non-hydrogen) atoms. The molecule has 1 aromatic rings. The Balaban J connectivity index is 2.72. The standard InChI is InChI=1S/C15H19F2N/c1-3-5-7-12(18-10-4-2)11-13-14(16)8-6-9-15(13)17/h1,6,8-9,12,18H,4-5,7,10-11H2,2H3. The first kappa shape index (κ1) is 14.7. The van der Waals surface area contributed by atoms with Crippen molar-refractivity contribution in [1.82, 2.24) is 5.32 Å². The Morgan fingerprint density at radius 3 is 2.56 bits per heavy atom. The molecule has 1 nitrogen and oxygen atoms in total. The topological polar surface area (TPSA) is 12.0 Å². The molecule has 0 saturated heterocycles. The molecule has 0 radical (unpaired) electrons. The molecule has 0 aliphatic heterocycles. The van der Waals surface area contributed by atoms with Gasteiger partial charge >= 0.3 is 0 Å². The second-order valence-corrected chi connectivity index (χ2v) is 4.30. The summed E-state index contributed by atoms with van der Waals surface area (Å²) < 4.78 is 27.1. The van der Waals surface area contributed by atoms with E-state index in [0.717, 1.165) is 19.4 Å². The molecule has 0 aliphatic carbocycles. The summed E-state index contributed by atoms with van der Waals surface area (Å²) in [7, 11) is 0. The highest BCUT2D eigenvalue weighted by Gasteiger charge is 2.14. The number of terminal acetylenes is 1. The summed E-state index contributed by atoms with van der Waals surface area (Å²) in [5.41, 5.74) is 0.142. The summed E-state index contributed by atoms with van der Waals surface area (Å²) in [5, 5.41) is 3.28. The highest BCUT2D eigenvalue weighted by atomic mass is 19.1. The van der Waals surface area contributed by atoms with Gasteiger partial charge in [-0.3, -0.25) is 0 Å². The molecule has 98 valence electrons. The smallest absolute Gasteiger partial charge is 0.129 e. The Morgan fingerprint density at radius 1 is 1.33 bits per heavy atom. The van der Waals surface area contributed by atoms with Crippen LogP contribution in [-0.2, 0) is 6.42 Å². The van der Waals surface area contributed by atoms with Crippen LogP contribution in [0.2, 0.25) is 0 Å². The van der Waals surface area contributed by atoms with Crippen molar-refractivity contribution in [2.24, 2.45) is 0 Å². The zero-order chi connectivity index (χ0) is 13.4. The van der Waals surface area contributed by atoms with Crippen molar-refractivity contribution in [1.29, 1.82) is 0 Å². The Kier molecular flexibility index (Phi) is 6.38. The van der Waals surface area contributed by atoms with E-state index >= 15 is 0 Å². The van der Waals surface area contributed by atoms with E-state index in [9.17, 15) is 8.78 Å². The highest BCUT2D eigenvalue weighted by Crippen LogP contribution is 2.16. The lowest BCUT2D eigenvalue weighted by Gasteiger charge is -2.18. The number of benzene rings is 1. The van der Waals surface area contributed by atoms with E-state index in [4.69, 9.17) is 6.42 Å². The van der Waals surface area contributed by atoms with Crippen LogP contribution < -0.4 is 5.32 Å². The number of hydrogen-bond donors (Lipinski definition) is 1. The van der Waals surface area contributed by atoms with Crippen LogP contribution in [0.15, 0.2) is 18.2 Å². The quantitative estimate of drug-likeness (QED) is 0.733. The molecule has 0 spiro atoms. The van der Waals surface area contributed by atoms with Crippen molar-refractivity contribution in [2.45, 2.75) is 38.6 Å². The maximum absolute atomic E-state index is 13.5. The molecule has 1 atom stereocenters. The molecule has 1 unspecified atom stereocenters. The van der Waals surface area contributed by atoms with Crippen LogP contribution >= 0.6 is 0 Å². The molecule has 0 heterocycles. The first-order valence-electron chi connectivity index (χ1n) is 6.28. The first-order valence-corrected chi connectivity index (χ1v) is 6.28. The van der Waals surface area contributed by atoms with Crippen LogP contribution in [0, 0.1) is 24.0 Å². The fraction of sp³-hybridized carbons (Fsp3) is 0.467. The Morgan fingerprint density at radius 2 is 2.00 bits per heavy atom. The summed E-state index contributed by atoms with van der Waals surface area (Å²) in [6, 6.07) is 3.98. The van der Waals surface area contributed by atoms with E-state index in [2.05, 4.69) is 18.2 Å². The highest BCUT2D eigenvalue weighted by molar-refractivity contribution is 5.20. The minimum absolute atomic E-state index is 0.0207. The van der Waals surface area contributed by atoms with Crippen molar-refractivity contribution in [3.8, 4) is 12.3 Å². The van der Waals surface area contributed by atoms with Gasteiger partial charge in [0, 0.05) is 18.0 Å². The van der Waals surface area contributed by atoms with Gasteiger partial charge in [-0.15, -0.1) is 12.3 Å². The van der Waals surface area contributed by atoms with Gasteiger partial charge in [0.1, 0.15) is 11.6 Å². The molecule has 1 N–H and O–H groups in total. The molecule has 3 heteroatoms. The van der Waals surface area contributed by atoms with E-state index < -0.39 is 11.6 Å². The third-order valence-corrected chi connectivity index (χ3v) is 2.83. The fourth-order valence-corrected chi connectivity index (χ4v) is 1.86. The molecule has 1 aromatic carbocycles. The van der Waals surface area contributed by atoms with Gasteiger partial charge in [-0.05, 0) is 37.9 Å². The molecular formula is C15H19F2N. The Bertz CT molecular complexity index is 389. The average Bonchev–Trinajstić information content (AvgIpc) is 2.36. The van der Waals surface area contributed by atoms with Crippen LogP contribution in [0.1, 0.15) is 31.7 Å². The minimum atomic E-state index is -0.487. The van der Waals surface area contributed by atoms with Crippen molar-refractivity contribution in [3.05, 3.63) is 35.4 Å². The lowest BCUT2D eigenvalue weighted by atomic mass is 10.0.